The molecule has 2 aromatic carbocycles. The van der Waals surface area contributed by atoms with E-state index in [-0.39, 0.29) is 5.75 Å². The van der Waals surface area contributed by atoms with E-state index in [2.05, 4.69) is 10.4 Å². The molecule has 1 heterocycles. The van der Waals surface area contributed by atoms with Crippen molar-refractivity contribution in [2.24, 2.45) is 5.10 Å². The summed E-state index contributed by atoms with van der Waals surface area (Å²) >= 11 is 0. The molecule has 0 bridgehead atoms. The Morgan fingerprint density at radius 2 is 1.81 bits per heavy atom. The third-order valence-electron chi connectivity index (χ3n) is 4.99. The van der Waals surface area contributed by atoms with Crippen LogP contribution in [0.25, 0.3) is 0 Å². The number of nitrogens with zero attached hydrogens (tertiary/aromatic N) is 2. The van der Waals surface area contributed by atoms with E-state index in [1.165, 1.54) is 20.4 Å². The molecular weight excluding hydrogens is 402 g/mol. The van der Waals surface area contributed by atoms with E-state index in [1.807, 2.05) is 6.92 Å². The standard InChI is InChI=1S/C22H23N3O6/c1-5-22(2)20(27)25(21(28)24-22)23-13-14-6-11-17(18(12-14)30-4)31-19(26)15-7-9-16(29-3)10-8-15/h6-13H,5H2,1-4H3,(H,24,28)/b23-13-/t22-/m0/s1. The van der Waals surface area contributed by atoms with Crippen molar-refractivity contribution in [2.45, 2.75) is 25.8 Å². The lowest BCUT2D eigenvalue weighted by Crippen LogP contribution is -2.42. The third-order valence-corrected chi connectivity index (χ3v) is 4.99. The second-order valence-electron chi connectivity index (χ2n) is 7.01. The van der Waals surface area contributed by atoms with Gasteiger partial charge in [0.2, 0.25) is 0 Å². The summed E-state index contributed by atoms with van der Waals surface area (Å²) in [6.45, 7) is 3.46. The lowest BCUT2D eigenvalue weighted by Gasteiger charge is -2.17. The second kappa shape index (κ2) is 8.86. The number of imide groups is 1. The smallest absolute Gasteiger partial charge is 0.346 e. The Bertz CT molecular complexity index is 1030. The molecular formula is C22H23N3O6. The van der Waals surface area contributed by atoms with Crippen LogP contribution < -0.4 is 19.5 Å². The molecule has 9 heteroatoms. The molecule has 3 rings (SSSR count). The molecule has 0 aromatic heterocycles. The minimum absolute atomic E-state index is 0.217. The molecule has 0 spiro atoms. The molecule has 1 aliphatic rings. The topological polar surface area (TPSA) is 107 Å². The van der Waals surface area contributed by atoms with Crippen molar-refractivity contribution < 1.29 is 28.6 Å². The van der Waals surface area contributed by atoms with E-state index >= 15 is 0 Å². The number of esters is 1. The summed E-state index contributed by atoms with van der Waals surface area (Å²) in [5, 5.41) is 7.43. The highest BCUT2D eigenvalue weighted by Crippen LogP contribution is 2.29. The number of hydrogen-bond acceptors (Lipinski definition) is 7. The van der Waals surface area contributed by atoms with Gasteiger partial charge < -0.3 is 19.5 Å². The number of amides is 3. The fourth-order valence-corrected chi connectivity index (χ4v) is 2.87. The van der Waals surface area contributed by atoms with E-state index in [1.54, 1.807) is 49.4 Å². The molecule has 1 atom stereocenters. The lowest BCUT2D eigenvalue weighted by molar-refractivity contribution is -0.130. The number of nitrogens with one attached hydrogen (secondary N) is 1. The number of carbonyl (C=O) groups is 3. The number of ether oxygens (including phenoxy) is 3. The largest absolute Gasteiger partial charge is 0.497 e. The summed E-state index contributed by atoms with van der Waals surface area (Å²) < 4.78 is 15.8. The van der Waals surface area contributed by atoms with Crippen molar-refractivity contribution in [1.29, 1.82) is 0 Å². The first-order valence-corrected chi connectivity index (χ1v) is 9.56. The maximum atomic E-state index is 12.4. The molecule has 162 valence electrons. The van der Waals surface area contributed by atoms with Crippen LogP contribution in [0.5, 0.6) is 17.2 Å². The number of hydrogen-bond donors (Lipinski definition) is 1. The molecule has 3 amide bonds. The molecule has 1 saturated heterocycles. The Labute approximate surface area is 179 Å². The van der Waals surface area contributed by atoms with Crippen LogP contribution in [0.4, 0.5) is 4.79 Å². The molecule has 31 heavy (non-hydrogen) atoms. The quantitative estimate of drug-likeness (QED) is 0.316. The van der Waals surface area contributed by atoms with Gasteiger partial charge in [0.1, 0.15) is 11.3 Å². The van der Waals surface area contributed by atoms with Gasteiger partial charge in [0.05, 0.1) is 26.0 Å². The number of hydrazone groups is 1. The molecule has 9 nitrogen and oxygen atoms in total. The number of carbonyl (C=O) groups excluding carboxylic acids is 3. The zero-order valence-electron chi connectivity index (χ0n) is 17.7. The maximum Gasteiger partial charge on any atom is 0.346 e. The van der Waals surface area contributed by atoms with Crippen molar-refractivity contribution in [3.63, 3.8) is 0 Å². The summed E-state index contributed by atoms with van der Waals surface area (Å²) in [4.78, 5) is 36.8. The molecule has 0 unspecified atom stereocenters. The fraction of sp³-hybridized carbons (Fsp3) is 0.273. The maximum absolute atomic E-state index is 12.4. The SMILES string of the molecule is CC[C@]1(C)NC(=O)N(/N=C\c2ccc(OC(=O)c3ccc(OC)cc3)c(OC)c2)C1=O. The van der Waals surface area contributed by atoms with Gasteiger partial charge in [0.25, 0.3) is 5.91 Å². The van der Waals surface area contributed by atoms with Gasteiger partial charge in [-0.25, -0.2) is 9.59 Å². The Hall–Kier alpha value is -3.88. The van der Waals surface area contributed by atoms with E-state index < -0.39 is 23.4 Å². The highest BCUT2D eigenvalue weighted by molar-refractivity contribution is 6.07. The number of benzene rings is 2. The molecule has 1 fully saturated rings. The van der Waals surface area contributed by atoms with Gasteiger partial charge in [-0.2, -0.15) is 5.10 Å². The summed E-state index contributed by atoms with van der Waals surface area (Å²) in [5.74, 6) is 0.159. The zero-order chi connectivity index (χ0) is 22.6. The Balaban J connectivity index is 1.75. The number of urea groups is 1. The van der Waals surface area contributed by atoms with Crippen LogP contribution in [0.1, 0.15) is 36.2 Å². The summed E-state index contributed by atoms with van der Waals surface area (Å²) in [6, 6.07) is 10.7. The zero-order valence-corrected chi connectivity index (χ0v) is 17.7. The Kier molecular flexibility index (Phi) is 6.24. The predicted molar refractivity (Wildman–Crippen MR) is 113 cm³/mol. The van der Waals surface area contributed by atoms with E-state index in [0.29, 0.717) is 29.0 Å². The molecule has 0 saturated carbocycles. The van der Waals surface area contributed by atoms with E-state index in [9.17, 15) is 14.4 Å². The van der Waals surface area contributed by atoms with Crippen LogP contribution in [-0.4, -0.2) is 48.9 Å². The van der Waals surface area contributed by atoms with Gasteiger partial charge in [-0.1, -0.05) is 6.92 Å². The fourth-order valence-electron chi connectivity index (χ4n) is 2.87. The van der Waals surface area contributed by atoms with Gasteiger partial charge in [-0.15, -0.1) is 5.01 Å². The Morgan fingerprint density at radius 3 is 2.39 bits per heavy atom. The van der Waals surface area contributed by atoms with Crippen molar-refractivity contribution in [2.75, 3.05) is 14.2 Å². The molecule has 1 N–H and O–H groups in total. The third kappa shape index (κ3) is 4.50. The molecule has 1 aliphatic heterocycles. The molecule has 2 aromatic rings. The highest BCUT2D eigenvalue weighted by Gasteiger charge is 2.46. The highest BCUT2D eigenvalue weighted by atomic mass is 16.6. The van der Waals surface area contributed by atoms with Crippen LogP contribution in [0, 0.1) is 0 Å². The van der Waals surface area contributed by atoms with Gasteiger partial charge in [0, 0.05) is 0 Å². The van der Waals surface area contributed by atoms with Gasteiger partial charge in [0.15, 0.2) is 11.5 Å². The van der Waals surface area contributed by atoms with Crippen LogP contribution in [0.3, 0.4) is 0 Å². The average Bonchev–Trinajstić information content (AvgIpc) is 3.01. The average molecular weight is 425 g/mol. The van der Waals surface area contributed by atoms with Crippen LogP contribution >= 0.6 is 0 Å². The first-order chi connectivity index (χ1) is 14.8. The van der Waals surface area contributed by atoms with Crippen LogP contribution in [0.2, 0.25) is 0 Å². The molecule has 0 radical (unpaired) electrons. The van der Waals surface area contributed by atoms with Crippen LogP contribution in [0.15, 0.2) is 47.6 Å². The summed E-state index contributed by atoms with van der Waals surface area (Å²) in [7, 11) is 2.97. The normalized spacial score (nSPS) is 18.3. The summed E-state index contributed by atoms with van der Waals surface area (Å²) in [6.07, 6.45) is 1.81. The van der Waals surface area contributed by atoms with E-state index in [4.69, 9.17) is 14.2 Å². The van der Waals surface area contributed by atoms with Crippen LogP contribution in [-0.2, 0) is 4.79 Å². The Morgan fingerprint density at radius 1 is 1.10 bits per heavy atom. The lowest BCUT2D eigenvalue weighted by atomic mass is 10.00. The van der Waals surface area contributed by atoms with Gasteiger partial charge in [-0.3, -0.25) is 4.79 Å². The second-order valence-corrected chi connectivity index (χ2v) is 7.01. The van der Waals surface area contributed by atoms with Crippen molar-refractivity contribution in [3.8, 4) is 17.2 Å². The monoisotopic (exact) mass is 425 g/mol. The summed E-state index contributed by atoms with van der Waals surface area (Å²) in [5.41, 5.74) is -0.0659. The van der Waals surface area contributed by atoms with E-state index in [0.717, 1.165) is 5.01 Å². The first kappa shape index (κ1) is 21.8. The van der Waals surface area contributed by atoms with Crippen molar-refractivity contribution in [1.82, 2.24) is 10.3 Å². The first-order valence-electron chi connectivity index (χ1n) is 9.56. The number of rotatable bonds is 7. The minimum Gasteiger partial charge on any atom is -0.497 e. The molecule has 0 aliphatic carbocycles. The minimum atomic E-state index is -0.967. The van der Waals surface area contributed by atoms with Gasteiger partial charge >= 0.3 is 12.0 Å². The van der Waals surface area contributed by atoms with Gasteiger partial charge in [-0.05, 0) is 61.4 Å². The number of methoxy groups -OCH3 is 2. The predicted octanol–water partition coefficient (Wildman–Crippen LogP) is 2.98. The van der Waals surface area contributed by atoms with Crippen molar-refractivity contribution in [3.05, 3.63) is 53.6 Å². The van der Waals surface area contributed by atoms with Crippen molar-refractivity contribution >= 4 is 24.1 Å².